The van der Waals surface area contributed by atoms with Crippen molar-refractivity contribution in [1.82, 2.24) is 30.1 Å². The zero-order chi connectivity index (χ0) is 19.6. The van der Waals surface area contributed by atoms with Crippen molar-refractivity contribution in [3.8, 4) is 11.3 Å². The summed E-state index contributed by atoms with van der Waals surface area (Å²) in [4.78, 5) is 17.3. The Morgan fingerprint density at radius 2 is 2.15 bits per heavy atom. The number of imidazole rings is 1. The second kappa shape index (κ2) is 7.36. The number of carbonyl (C=O) groups excluding carboxylic acids is 1. The molecule has 144 valence electrons. The first-order chi connectivity index (χ1) is 12.7. The average Bonchev–Trinajstić information content (AvgIpc) is 3.22. The second-order valence-electron chi connectivity index (χ2n) is 7.43. The number of hydrogen-bond donors (Lipinski definition) is 4. The van der Waals surface area contributed by atoms with Crippen molar-refractivity contribution in [1.29, 1.82) is 0 Å². The van der Waals surface area contributed by atoms with E-state index in [9.17, 15) is 9.90 Å². The fourth-order valence-electron chi connectivity index (χ4n) is 2.64. The zero-order valence-corrected chi connectivity index (χ0v) is 15.9. The monoisotopic (exact) mass is 371 g/mol. The summed E-state index contributed by atoms with van der Waals surface area (Å²) in [5, 5.41) is 27.0. The molecule has 3 rings (SSSR count). The maximum absolute atomic E-state index is 12.7. The van der Waals surface area contributed by atoms with E-state index >= 15 is 0 Å². The Morgan fingerprint density at radius 1 is 1.37 bits per heavy atom. The summed E-state index contributed by atoms with van der Waals surface area (Å²) in [7, 11) is 0. The Morgan fingerprint density at radius 3 is 2.78 bits per heavy atom. The predicted octanol–water partition coefficient (Wildman–Crippen LogP) is 1.83. The molecule has 4 N–H and O–H groups in total. The van der Waals surface area contributed by atoms with Crippen molar-refractivity contribution in [2.75, 3.05) is 11.9 Å². The molecule has 0 aliphatic rings. The van der Waals surface area contributed by atoms with Crippen LogP contribution in [0.3, 0.4) is 0 Å². The summed E-state index contributed by atoms with van der Waals surface area (Å²) < 4.78 is 1.64. The predicted molar refractivity (Wildman–Crippen MR) is 103 cm³/mol. The number of aromatic amines is 1. The lowest BCUT2D eigenvalue weighted by molar-refractivity contribution is 0.0693. The number of anilines is 1. The Kier molecular flexibility index (Phi) is 5.13. The molecule has 0 spiro atoms. The topological polar surface area (TPSA) is 120 Å². The molecule has 0 aliphatic heterocycles. The third-order valence-corrected chi connectivity index (χ3v) is 3.99. The third kappa shape index (κ3) is 4.43. The number of amides is 1. The number of hydrogen-bond acceptors (Lipinski definition) is 6. The van der Waals surface area contributed by atoms with Gasteiger partial charge in [-0.05, 0) is 34.1 Å². The smallest absolute Gasteiger partial charge is 0.255 e. The van der Waals surface area contributed by atoms with E-state index in [0.29, 0.717) is 35.6 Å². The van der Waals surface area contributed by atoms with E-state index in [1.165, 1.54) is 6.20 Å². The molecule has 3 heterocycles. The van der Waals surface area contributed by atoms with Gasteiger partial charge in [0.15, 0.2) is 5.65 Å². The molecule has 0 aliphatic carbocycles. The van der Waals surface area contributed by atoms with Crippen LogP contribution < -0.4 is 10.6 Å². The first-order valence-corrected chi connectivity index (χ1v) is 8.89. The number of rotatable bonds is 7. The van der Waals surface area contributed by atoms with Crippen molar-refractivity contribution in [3.05, 3.63) is 30.4 Å². The average molecular weight is 371 g/mol. The van der Waals surface area contributed by atoms with Gasteiger partial charge < -0.3 is 15.7 Å². The summed E-state index contributed by atoms with van der Waals surface area (Å²) in [6.45, 7) is 7.77. The molecule has 0 bridgehead atoms. The molecular formula is C18H25N7O2. The van der Waals surface area contributed by atoms with Crippen LogP contribution in [0.15, 0.2) is 24.8 Å². The van der Waals surface area contributed by atoms with Gasteiger partial charge in [0.1, 0.15) is 0 Å². The van der Waals surface area contributed by atoms with Crippen LogP contribution in [0.2, 0.25) is 0 Å². The van der Waals surface area contributed by atoms with Crippen LogP contribution in [0, 0.1) is 0 Å². The minimum Gasteiger partial charge on any atom is -0.390 e. The van der Waals surface area contributed by atoms with Crippen LogP contribution in [0.4, 0.5) is 5.69 Å². The highest BCUT2D eigenvalue weighted by Gasteiger charge is 2.20. The number of carbonyl (C=O) groups is 1. The first kappa shape index (κ1) is 18.8. The quantitative estimate of drug-likeness (QED) is 0.503. The fourth-order valence-corrected chi connectivity index (χ4v) is 2.64. The van der Waals surface area contributed by atoms with E-state index in [1.54, 1.807) is 37.0 Å². The number of fused-ring (bicyclic) bond motifs is 1. The van der Waals surface area contributed by atoms with Gasteiger partial charge in [-0.1, -0.05) is 0 Å². The number of nitrogens with one attached hydrogen (secondary N) is 3. The van der Waals surface area contributed by atoms with Crippen LogP contribution in [-0.4, -0.2) is 54.0 Å². The molecule has 0 saturated heterocycles. The van der Waals surface area contributed by atoms with Gasteiger partial charge in [-0.15, -0.1) is 0 Å². The molecule has 27 heavy (non-hydrogen) atoms. The van der Waals surface area contributed by atoms with Crippen molar-refractivity contribution in [2.24, 2.45) is 0 Å². The minimum atomic E-state index is -0.836. The number of aliphatic hydroxyl groups is 1. The maximum Gasteiger partial charge on any atom is 0.255 e. The number of H-pyrrole nitrogens is 1. The van der Waals surface area contributed by atoms with Crippen LogP contribution in [0.25, 0.3) is 16.9 Å². The second-order valence-corrected chi connectivity index (χ2v) is 7.43. The molecule has 0 saturated carbocycles. The SMILES string of the molecule is CC(C)Nc1c(C(=O)NCCC(C)(C)O)cnn2cc(-c3cn[nH]c3)nc12. The fraction of sp³-hybridized carbons (Fsp3) is 0.444. The Balaban J connectivity index is 1.95. The molecule has 0 unspecified atom stereocenters. The largest absolute Gasteiger partial charge is 0.390 e. The van der Waals surface area contributed by atoms with E-state index < -0.39 is 5.60 Å². The minimum absolute atomic E-state index is 0.105. The zero-order valence-electron chi connectivity index (χ0n) is 15.9. The summed E-state index contributed by atoms with van der Waals surface area (Å²) in [6.07, 6.45) is 7.21. The normalized spacial score (nSPS) is 11.9. The van der Waals surface area contributed by atoms with Gasteiger partial charge in [-0.2, -0.15) is 10.2 Å². The van der Waals surface area contributed by atoms with Crippen molar-refractivity contribution < 1.29 is 9.90 Å². The van der Waals surface area contributed by atoms with Gasteiger partial charge in [0, 0.05) is 24.3 Å². The lowest BCUT2D eigenvalue weighted by atomic mass is 10.1. The van der Waals surface area contributed by atoms with Crippen molar-refractivity contribution >= 4 is 17.2 Å². The summed E-state index contributed by atoms with van der Waals surface area (Å²) in [6, 6.07) is 0.105. The van der Waals surface area contributed by atoms with E-state index in [1.807, 2.05) is 13.8 Å². The van der Waals surface area contributed by atoms with Gasteiger partial charge in [0.05, 0.1) is 41.1 Å². The van der Waals surface area contributed by atoms with Crippen LogP contribution in [0.1, 0.15) is 44.5 Å². The number of nitrogens with zero attached hydrogens (tertiary/aromatic N) is 4. The van der Waals surface area contributed by atoms with E-state index in [2.05, 4.69) is 30.9 Å². The molecule has 9 heteroatoms. The van der Waals surface area contributed by atoms with Crippen LogP contribution in [0.5, 0.6) is 0 Å². The molecule has 0 radical (unpaired) electrons. The molecule has 0 atom stereocenters. The number of aromatic nitrogens is 5. The van der Waals surface area contributed by atoms with E-state index in [-0.39, 0.29) is 11.9 Å². The Labute approximate surface area is 157 Å². The summed E-state index contributed by atoms with van der Waals surface area (Å²) in [5.74, 6) is -0.259. The molecule has 9 nitrogen and oxygen atoms in total. The maximum atomic E-state index is 12.7. The van der Waals surface area contributed by atoms with Gasteiger partial charge >= 0.3 is 0 Å². The summed E-state index contributed by atoms with van der Waals surface area (Å²) >= 11 is 0. The van der Waals surface area contributed by atoms with E-state index in [4.69, 9.17) is 0 Å². The lowest BCUT2D eigenvalue weighted by Crippen LogP contribution is -2.31. The van der Waals surface area contributed by atoms with Crippen LogP contribution >= 0.6 is 0 Å². The van der Waals surface area contributed by atoms with E-state index in [0.717, 1.165) is 5.56 Å². The first-order valence-electron chi connectivity index (χ1n) is 8.89. The standard InChI is InChI=1S/C18H25N7O2/c1-11(2)23-15-13(17(26)19-6-5-18(3,4)27)9-22-25-10-14(24-16(15)25)12-7-20-21-8-12/h7-11,23,27H,5-6H2,1-4H3,(H,19,26)(H,20,21). The molecule has 0 fully saturated rings. The molecule has 3 aromatic heterocycles. The van der Waals surface area contributed by atoms with Crippen molar-refractivity contribution in [2.45, 2.75) is 45.8 Å². The van der Waals surface area contributed by atoms with Crippen molar-refractivity contribution in [3.63, 3.8) is 0 Å². The van der Waals surface area contributed by atoms with Crippen LogP contribution in [-0.2, 0) is 0 Å². The van der Waals surface area contributed by atoms with Gasteiger partial charge in [0.25, 0.3) is 5.91 Å². The van der Waals surface area contributed by atoms with Gasteiger partial charge in [-0.25, -0.2) is 9.50 Å². The molecule has 1 amide bonds. The highest BCUT2D eigenvalue weighted by Crippen LogP contribution is 2.25. The highest BCUT2D eigenvalue weighted by molar-refractivity contribution is 6.02. The third-order valence-electron chi connectivity index (χ3n) is 3.99. The molecule has 0 aromatic carbocycles. The summed E-state index contributed by atoms with van der Waals surface area (Å²) in [5.41, 5.74) is 2.31. The Bertz CT molecular complexity index is 923. The molecule has 3 aromatic rings. The lowest BCUT2D eigenvalue weighted by Gasteiger charge is -2.18. The van der Waals surface area contributed by atoms with Gasteiger partial charge in [0.2, 0.25) is 0 Å². The highest BCUT2D eigenvalue weighted by atomic mass is 16.3. The molecular weight excluding hydrogens is 346 g/mol. The van der Waals surface area contributed by atoms with Gasteiger partial charge in [-0.3, -0.25) is 9.89 Å². The Hall–Kier alpha value is -2.94.